The highest BCUT2D eigenvalue weighted by Gasteiger charge is 2.33. The first-order chi connectivity index (χ1) is 9.79. The lowest BCUT2D eigenvalue weighted by Gasteiger charge is -2.16. The molecule has 0 aliphatic rings. The van der Waals surface area contributed by atoms with Crippen LogP contribution in [0.5, 0.6) is 0 Å². The van der Waals surface area contributed by atoms with Crippen molar-refractivity contribution in [3.63, 3.8) is 0 Å². The van der Waals surface area contributed by atoms with Crippen LogP contribution >= 0.6 is 0 Å². The Morgan fingerprint density at radius 1 is 1.52 bits per heavy atom. The summed E-state index contributed by atoms with van der Waals surface area (Å²) in [6, 6.07) is 3.25. The van der Waals surface area contributed by atoms with Crippen LogP contribution in [0.1, 0.15) is 17.5 Å². The summed E-state index contributed by atoms with van der Waals surface area (Å²) in [5.41, 5.74) is -1.49. The lowest BCUT2D eigenvalue weighted by molar-refractivity contribution is -0.139. The molecule has 0 saturated carbocycles. The van der Waals surface area contributed by atoms with Crippen molar-refractivity contribution in [3.05, 3.63) is 29.3 Å². The van der Waals surface area contributed by atoms with Gasteiger partial charge >= 0.3 is 12.1 Å². The average molecular weight is 302 g/mol. The van der Waals surface area contributed by atoms with Crippen LogP contribution in [0.3, 0.4) is 0 Å². The number of nitrogens with one attached hydrogen (secondary N) is 1. The number of methoxy groups -OCH3 is 1. The van der Waals surface area contributed by atoms with Crippen molar-refractivity contribution < 1.29 is 27.8 Å². The summed E-state index contributed by atoms with van der Waals surface area (Å²) in [7, 11) is 1.41. The minimum absolute atomic E-state index is 0.128. The van der Waals surface area contributed by atoms with Gasteiger partial charge in [-0.1, -0.05) is 0 Å². The van der Waals surface area contributed by atoms with Gasteiger partial charge in [0, 0.05) is 25.8 Å². The van der Waals surface area contributed by atoms with E-state index in [0.29, 0.717) is 0 Å². The number of hydrogen-bond acceptors (Lipinski definition) is 4. The molecule has 1 aromatic carbocycles. The van der Waals surface area contributed by atoms with Crippen LogP contribution in [0, 0.1) is 11.3 Å². The number of nitriles is 1. The molecule has 1 atom stereocenters. The minimum atomic E-state index is -4.63. The third-order valence-corrected chi connectivity index (χ3v) is 2.70. The second-order valence-corrected chi connectivity index (χ2v) is 4.19. The zero-order valence-corrected chi connectivity index (χ0v) is 11.1. The number of carbonyl (C=O) groups is 1. The van der Waals surface area contributed by atoms with Crippen molar-refractivity contribution in [1.82, 2.24) is 0 Å². The number of benzene rings is 1. The molecule has 0 radical (unpaired) electrons. The highest BCUT2D eigenvalue weighted by atomic mass is 19.4. The first-order valence-corrected chi connectivity index (χ1v) is 5.89. The van der Waals surface area contributed by atoms with Crippen molar-refractivity contribution >= 4 is 11.7 Å². The molecule has 0 aliphatic carbocycles. The Bertz CT molecular complexity index is 553. The van der Waals surface area contributed by atoms with Crippen LogP contribution in [-0.2, 0) is 15.7 Å². The number of carboxylic acid groups (broad SMARTS) is 1. The first kappa shape index (κ1) is 16.8. The molecule has 0 saturated heterocycles. The Hall–Kier alpha value is -2.27. The van der Waals surface area contributed by atoms with Crippen molar-refractivity contribution in [3.8, 4) is 6.07 Å². The summed E-state index contributed by atoms with van der Waals surface area (Å²) in [6.07, 6.45) is -4.50. The normalized spacial score (nSPS) is 12.5. The maximum Gasteiger partial charge on any atom is 0.417 e. The molecular weight excluding hydrogens is 289 g/mol. The molecule has 1 unspecified atom stereocenters. The van der Waals surface area contributed by atoms with Crippen molar-refractivity contribution in [2.45, 2.75) is 18.6 Å². The summed E-state index contributed by atoms with van der Waals surface area (Å²) >= 11 is 0. The number of aliphatic carboxylic acids is 1. The molecule has 2 N–H and O–H groups in total. The van der Waals surface area contributed by atoms with E-state index in [4.69, 9.17) is 15.1 Å². The maximum atomic E-state index is 12.6. The largest absolute Gasteiger partial charge is 0.480 e. The van der Waals surface area contributed by atoms with Crippen LogP contribution in [0.4, 0.5) is 18.9 Å². The third kappa shape index (κ3) is 4.65. The first-order valence-electron chi connectivity index (χ1n) is 5.89. The van der Waals surface area contributed by atoms with Crippen molar-refractivity contribution in [1.29, 1.82) is 5.26 Å². The standard InChI is InChI=1S/C13H13F3N2O3/c1-21-5-4-11(12(19)20)18-9-2-3-10(13(14,15)16)8(6-9)7-17/h2-3,6,11,18H,4-5H2,1H3,(H,19,20). The number of halogens is 3. The molecule has 0 fully saturated rings. The van der Waals surface area contributed by atoms with E-state index in [9.17, 15) is 18.0 Å². The number of alkyl halides is 3. The lowest BCUT2D eigenvalue weighted by Crippen LogP contribution is -2.30. The van der Waals surface area contributed by atoms with Crippen molar-refractivity contribution in [2.75, 3.05) is 19.0 Å². The van der Waals surface area contributed by atoms with E-state index < -0.39 is 29.3 Å². The van der Waals surface area contributed by atoms with E-state index >= 15 is 0 Å². The van der Waals surface area contributed by atoms with Gasteiger partial charge in [-0.3, -0.25) is 0 Å². The molecular formula is C13H13F3N2O3. The SMILES string of the molecule is COCCC(Nc1ccc(C(F)(F)F)c(C#N)c1)C(=O)O. The molecule has 8 heteroatoms. The molecule has 5 nitrogen and oxygen atoms in total. The predicted octanol–water partition coefficient (Wildman–Crippen LogP) is 2.48. The molecule has 0 bridgehead atoms. The highest BCUT2D eigenvalue weighted by Crippen LogP contribution is 2.33. The number of nitrogens with zero attached hydrogens (tertiary/aromatic N) is 1. The second-order valence-electron chi connectivity index (χ2n) is 4.19. The molecule has 0 aliphatic heterocycles. The van der Waals surface area contributed by atoms with E-state index in [1.165, 1.54) is 13.2 Å². The number of rotatable bonds is 6. The van der Waals surface area contributed by atoms with Gasteiger partial charge in [-0.05, 0) is 18.2 Å². The van der Waals surface area contributed by atoms with Gasteiger partial charge in [-0.2, -0.15) is 18.4 Å². The molecule has 0 heterocycles. The van der Waals surface area contributed by atoms with Gasteiger partial charge in [0.05, 0.1) is 17.2 Å². The topological polar surface area (TPSA) is 82.3 Å². The van der Waals surface area contributed by atoms with Crippen molar-refractivity contribution in [2.24, 2.45) is 0 Å². The van der Waals surface area contributed by atoms with Gasteiger partial charge in [0.1, 0.15) is 6.04 Å². The molecule has 1 rings (SSSR count). The van der Waals surface area contributed by atoms with Crippen LogP contribution in [0.15, 0.2) is 18.2 Å². The fraction of sp³-hybridized carbons (Fsp3) is 0.385. The fourth-order valence-corrected chi connectivity index (χ4v) is 1.67. The fourth-order valence-electron chi connectivity index (χ4n) is 1.67. The number of carboxylic acids is 1. The van der Waals surface area contributed by atoms with Gasteiger partial charge < -0.3 is 15.2 Å². The van der Waals surface area contributed by atoms with Crippen LogP contribution < -0.4 is 5.32 Å². The molecule has 21 heavy (non-hydrogen) atoms. The summed E-state index contributed by atoms with van der Waals surface area (Å²) in [5, 5.41) is 20.4. The number of ether oxygens (including phenoxy) is 1. The summed E-state index contributed by atoms with van der Waals surface area (Å²) in [6.45, 7) is 0.176. The Kier molecular flexibility index (Phi) is 5.55. The smallest absolute Gasteiger partial charge is 0.417 e. The van der Waals surface area contributed by atoms with E-state index in [-0.39, 0.29) is 18.7 Å². The van der Waals surface area contributed by atoms with Gasteiger partial charge in [-0.25, -0.2) is 4.79 Å². The summed E-state index contributed by atoms with van der Waals surface area (Å²) < 4.78 is 42.7. The van der Waals surface area contributed by atoms with Gasteiger partial charge in [0.15, 0.2) is 0 Å². The lowest BCUT2D eigenvalue weighted by atomic mass is 10.1. The predicted molar refractivity (Wildman–Crippen MR) is 67.7 cm³/mol. The molecule has 1 aromatic rings. The molecule has 114 valence electrons. The maximum absolute atomic E-state index is 12.6. The average Bonchev–Trinajstić information content (AvgIpc) is 2.41. The van der Waals surface area contributed by atoms with E-state index in [1.807, 2.05) is 0 Å². The molecule has 0 aromatic heterocycles. The van der Waals surface area contributed by atoms with Crippen LogP contribution in [0.25, 0.3) is 0 Å². The number of hydrogen-bond donors (Lipinski definition) is 2. The summed E-state index contributed by atoms with van der Waals surface area (Å²) in [5.74, 6) is -1.16. The van der Waals surface area contributed by atoms with Crippen LogP contribution in [0.2, 0.25) is 0 Å². The third-order valence-electron chi connectivity index (χ3n) is 2.70. The highest BCUT2D eigenvalue weighted by molar-refractivity contribution is 5.77. The van der Waals surface area contributed by atoms with E-state index in [1.54, 1.807) is 0 Å². The Labute approximate surface area is 118 Å². The zero-order chi connectivity index (χ0) is 16.0. The van der Waals surface area contributed by atoms with Gasteiger partial charge in [-0.15, -0.1) is 0 Å². The zero-order valence-electron chi connectivity index (χ0n) is 11.1. The Morgan fingerprint density at radius 3 is 2.67 bits per heavy atom. The van der Waals surface area contributed by atoms with Gasteiger partial charge in [0.25, 0.3) is 0 Å². The summed E-state index contributed by atoms with van der Waals surface area (Å²) in [4.78, 5) is 11.0. The minimum Gasteiger partial charge on any atom is -0.480 e. The molecule has 0 amide bonds. The monoisotopic (exact) mass is 302 g/mol. The Balaban J connectivity index is 2.99. The van der Waals surface area contributed by atoms with E-state index in [0.717, 1.165) is 18.2 Å². The van der Waals surface area contributed by atoms with E-state index in [2.05, 4.69) is 5.32 Å². The number of anilines is 1. The molecule has 0 spiro atoms. The Morgan fingerprint density at radius 2 is 2.19 bits per heavy atom. The quantitative estimate of drug-likeness (QED) is 0.843. The second kappa shape index (κ2) is 6.95. The van der Waals surface area contributed by atoms with Gasteiger partial charge in [0.2, 0.25) is 0 Å². The van der Waals surface area contributed by atoms with Crippen LogP contribution in [-0.4, -0.2) is 30.8 Å².